The van der Waals surface area contributed by atoms with Crippen LogP contribution in [0, 0.1) is 25.2 Å². The SMILES string of the molecule is CCN(CCN)c1cc(C)nc(C)c1C#N. The highest BCUT2D eigenvalue weighted by Crippen LogP contribution is 2.22. The number of hydrogen-bond acceptors (Lipinski definition) is 4. The van der Waals surface area contributed by atoms with Crippen LogP contribution >= 0.6 is 0 Å². The average Bonchev–Trinajstić information content (AvgIpc) is 2.25. The highest BCUT2D eigenvalue weighted by molar-refractivity contribution is 5.61. The van der Waals surface area contributed by atoms with Crippen LogP contribution in [0.1, 0.15) is 23.9 Å². The minimum absolute atomic E-state index is 0.582. The van der Waals surface area contributed by atoms with Crippen LogP contribution in [0.5, 0.6) is 0 Å². The number of aromatic nitrogens is 1. The van der Waals surface area contributed by atoms with Gasteiger partial charge in [-0.05, 0) is 26.8 Å². The molecule has 0 unspecified atom stereocenters. The molecule has 0 radical (unpaired) electrons. The molecule has 0 saturated heterocycles. The van der Waals surface area contributed by atoms with Gasteiger partial charge >= 0.3 is 0 Å². The Bertz CT molecular complexity index is 406. The van der Waals surface area contributed by atoms with Crippen molar-refractivity contribution in [1.82, 2.24) is 4.98 Å². The lowest BCUT2D eigenvalue weighted by Gasteiger charge is -2.24. The van der Waals surface area contributed by atoms with E-state index in [2.05, 4.69) is 22.9 Å². The summed E-state index contributed by atoms with van der Waals surface area (Å²) in [5.74, 6) is 0. The van der Waals surface area contributed by atoms with Crippen LogP contribution in [-0.4, -0.2) is 24.6 Å². The van der Waals surface area contributed by atoms with E-state index in [1.807, 2.05) is 19.9 Å². The van der Waals surface area contributed by atoms with Crippen LogP contribution in [0.15, 0.2) is 6.07 Å². The summed E-state index contributed by atoms with van der Waals surface area (Å²) in [5, 5.41) is 9.15. The Balaban J connectivity index is 3.24. The lowest BCUT2D eigenvalue weighted by Crippen LogP contribution is -2.30. The van der Waals surface area contributed by atoms with Crippen LogP contribution in [0.25, 0.3) is 0 Å². The van der Waals surface area contributed by atoms with Gasteiger partial charge in [-0.1, -0.05) is 0 Å². The lowest BCUT2D eigenvalue weighted by molar-refractivity contribution is 0.812. The molecule has 4 nitrogen and oxygen atoms in total. The van der Waals surface area contributed by atoms with Gasteiger partial charge in [0, 0.05) is 25.3 Å². The standard InChI is InChI=1S/C12H18N4/c1-4-16(6-5-13)12-7-9(2)15-10(3)11(12)8-14/h7H,4-6,13H2,1-3H3. The van der Waals surface area contributed by atoms with Crippen molar-refractivity contribution in [3.05, 3.63) is 23.0 Å². The third-order valence-electron chi connectivity index (χ3n) is 2.54. The van der Waals surface area contributed by atoms with Gasteiger partial charge in [0.2, 0.25) is 0 Å². The van der Waals surface area contributed by atoms with Crippen molar-refractivity contribution >= 4 is 5.69 Å². The molecular weight excluding hydrogens is 200 g/mol. The summed E-state index contributed by atoms with van der Waals surface area (Å²) in [6.07, 6.45) is 0. The van der Waals surface area contributed by atoms with Gasteiger partial charge < -0.3 is 10.6 Å². The van der Waals surface area contributed by atoms with E-state index in [1.54, 1.807) is 0 Å². The number of pyridine rings is 1. The fraction of sp³-hybridized carbons (Fsp3) is 0.500. The van der Waals surface area contributed by atoms with Crippen LogP contribution in [-0.2, 0) is 0 Å². The van der Waals surface area contributed by atoms with E-state index in [4.69, 9.17) is 11.0 Å². The maximum Gasteiger partial charge on any atom is 0.103 e. The highest BCUT2D eigenvalue weighted by atomic mass is 15.1. The third kappa shape index (κ3) is 2.50. The first-order valence-corrected chi connectivity index (χ1v) is 5.47. The summed E-state index contributed by atoms with van der Waals surface area (Å²) in [4.78, 5) is 6.41. The van der Waals surface area contributed by atoms with Crippen molar-refractivity contribution in [2.24, 2.45) is 5.73 Å². The van der Waals surface area contributed by atoms with Gasteiger partial charge in [-0.2, -0.15) is 5.26 Å². The Morgan fingerprint density at radius 3 is 2.69 bits per heavy atom. The van der Waals surface area contributed by atoms with Gasteiger partial charge in [0.1, 0.15) is 6.07 Å². The van der Waals surface area contributed by atoms with Gasteiger partial charge in [-0.15, -0.1) is 0 Å². The molecule has 0 aliphatic rings. The molecule has 0 aliphatic heterocycles. The van der Waals surface area contributed by atoms with Crippen molar-refractivity contribution in [3.63, 3.8) is 0 Å². The molecule has 0 saturated carbocycles. The van der Waals surface area contributed by atoms with Crippen LogP contribution in [0.4, 0.5) is 5.69 Å². The Morgan fingerprint density at radius 1 is 1.50 bits per heavy atom. The summed E-state index contributed by atoms with van der Waals surface area (Å²) in [6.45, 7) is 8.04. The summed E-state index contributed by atoms with van der Waals surface area (Å²) < 4.78 is 0. The van der Waals surface area contributed by atoms with Gasteiger partial charge in [-0.3, -0.25) is 4.98 Å². The molecule has 1 heterocycles. The molecule has 0 amide bonds. The Morgan fingerprint density at radius 2 is 2.19 bits per heavy atom. The first-order chi connectivity index (χ1) is 7.63. The first-order valence-electron chi connectivity index (χ1n) is 5.47. The van der Waals surface area contributed by atoms with E-state index in [9.17, 15) is 0 Å². The molecule has 0 atom stereocenters. The first kappa shape index (κ1) is 12.5. The van der Waals surface area contributed by atoms with Crippen LogP contribution in [0.3, 0.4) is 0 Å². The Labute approximate surface area is 96.7 Å². The zero-order valence-electron chi connectivity index (χ0n) is 10.1. The molecule has 1 aromatic rings. The number of nitriles is 1. The van der Waals surface area contributed by atoms with E-state index in [0.29, 0.717) is 12.1 Å². The normalized spacial score (nSPS) is 9.94. The number of nitrogens with two attached hydrogens (primary N) is 1. The number of aryl methyl sites for hydroxylation is 2. The van der Waals surface area contributed by atoms with E-state index in [0.717, 1.165) is 30.2 Å². The van der Waals surface area contributed by atoms with Crippen molar-refractivity contribution in [1.29, 1.82) is 5.26 Å². The third-order valence-corrected chi connectivity index (χ3v) is 2.54. The summed E-state index contributed by atoms with van der Waals surface area (Å²) >= 11 is 0. The molecule has 0 aromatic carbocycles. The zero-order chi connectivity index (χ0) is 12.1. The monoisotopic (exact) mass is 218 g/mol. The van der Waals surface area contributed by atoms with Crippen LogP contribution < -0.4 is 10.6 Å². The average molecular weight is 218 g/mol. The van der Waals surface area contributed by atoms with Crippen molar-refractivity contribution < 1.29 is 0 Å². The molecule has 0 bridgehead atoms. The number of nitrogens with zero attached hydrogens (tertiary/aromatic N) is 3. The predicted octanol–water partition coefficient (Wildman–Crippen LogP) is 1.36. The fourth-order valence-electron chi connectivity index (χ4n) is 1.80. The van der Waals surface area contributed by atoms with Gasteiger partial charge in [0.05, 0.1) is 16.9 Å². The second-order valence-corrected chi connectivity index (χ2v) is 3.72. The number of hydrogen-bond donors (Lipinski definition) is 1. The summed E-state index contributed by atoms with van der Waals surface area (Å²) in [6, 6.07) is 4.17. The largest absolute Gasteiger partial charge is 0.369 e. The van der Waals surface area contributed by atoms with E-state index < -0.39 is 0 Å². The Hall–Kier alpha value is -1.60. The zero-order valence-corrected chi connectivity index (χ0v) is 10.1. The lowest BCUT2D eigenvalue weighted by atomic mass is 10.1. The molecule has 16 heavy (non-hydrogen) atoms. The second-order valence-electron chi connectivity index (χ2n) is 3.72. The number of anilines is 1. The molecule has 0 aliphatic carbocycles. The maximum absolute atomic E-state index is 9.15. The van der Waals surface area contributed by atoms with E-state index in [1.165, 1.54) is 0 Å². The molecule has 0 spiro atoms. The number of likely N-dealkylation sites (N-methyl/N-ethyl adjacent to an activating group) is 1. The van der Waals surface area contributed by atoms with E-state index >= 15 is 0 Å². The Kier molecular flexibility index (Phi) is 4.27. The molecule has 86 valence electrons. The quantitative estimate of drug-likeness (QED) is 0.828. The van der Waals surface area contributed by atoms with Gasteiger partial charge in [0.25, 0.3) is 0 Å². The molecule has 2 N–H and O–H groups in total. The number of rotatable bonds is 4. The molecule has 1 rings (SSSR count). The maximum atomic E-state index is 9.15. The predicted molar refractivity (Wildman–Crippen MR) is 65.4 cm³/mol. The second kappa shape index (κ2) is 5.47. The fourth-order valence-corrected chi connectivity index (χ4v) is 1.80. The smallest absolute Gasteiger partial charge is 0.103 e. The molecule has 0 fully saturated rings. The topological polar surface area (TPSA) is 65.9 Å². The molecule has 1 aromatic heterocycles. The summed E-state index contributed by atoms with van der Waals surface area (Å²) in [7, 11) is 0. The van der Waals surface area contributed by atoms with Crippen LogP contribution in [0.2, 0.25) is 0 Å². The minimum atomic E-state index is 0.582. The van der Waals surface area contributed by atoms with E-state index in [-0.39, 0.29) is 0 Å². The van der Waals surface area contributed by atoms with Crippen molar-refractivity contribution in [3.8, 4) is 6.07 Å². The molecule has 4 heteroatoms. The van der Waals surface area contributed by atoms with Gasteiger partial charge in [-0.25, -0.2) is 0 Å². The molecular formula is C12H18N4. The highest BCUT2D eigenvalue weighted by Gasteiger charge is 2.12. The summed E-state index contributed by atoms with van der Waals surface area (Å²) in [5.41, 5.74) is 8.89. The van der Waals surface area contributed by atoms with Crippen molar-refractivity contribution in [2.45, 2.75) is 20.8 Å². The van der Waals surface area contributed by atoms with Crippen molar-refractivity contribution in [2.75, 3.05) is 24.5 Å². The minimum Gasteiger partial charge on any atom is -0.369 e. The van der Waals surface area contributed by atoms with Gasteiger partial charge in [0.15, 0.2) is 0 Å².